The molecule has 2 fully saturated rings. The molecule has 0 aromatic rings. The van der Waals surface area contributed by atoms with Gasteiger partial charge >= 0.3 is 0 Å². The SMILES string of the molecule is CC(C)CC1CC[N@@+]([O-])(CC2(O)OCC(O)C(O)C2O)C1. The van der Waals surface area contributed by atoms with Gasteiger partial charge in [-0.15, -0.1) is 0 Å². The Hall–Kier alpha value is -0.280. The summed E-state index contributed by atoms with van der Waals surface area (Å²) in [6.07, 6.45) is -2.70. The van der Waals surface area contributed by atoms with Crippen LogP contribution in [0.2, 0.25) is 0 Å². The molecule has 0 amide bonds. The van der Waals surface area contributed by atoms with E-state index in [1.807, 2.05) is 0 Å². The lowest BCUT2D eigenvalue weighted by molar-refractivity contribution is -0.881. The molecule has 7 nitrogen and oxygen atoms in total. The molecule has 21 heavy (non-hydrogen) atoms. The lowest BCUT2D eigenvalue weighted by Gasteiger charge is -2.48. The molecular weight excluding hydrogens is 278 g/mol. The van der Waals surface area contributed by atoms with E-state index >= 15 is 0 Å². The Kier molecular flexibility index (Phi) is 4.94. The van der Waals surface area contributed by atoms with Gasteiger partial charge in [0.1, 0.15) is 24.9 Å². The van der Waals surface area contributed by atoms with Gasteiger partial charge in [-0.2, -0.15) is 0 Å². The lowest BCUT2D eigenvalue weighted by atomic mass is 9.95. The Balaban J connectivity index is 2.00. The standard InChI is InChI=1S/C14H27NO6/c1-9(2)5-10-3-4-15(20,6-10)8-14(19)13(18)12(17)11(16)7-21-14/h9-13,16-19H,3-8H2,1-2H3/t10?,11?,12?,13?,14?,15-/m0/s1. The highest BCUT2D eigenvalue weighted by Gasteiger charge is 2.53. The molecule has 2 saturated heterocycles. The van der Waals surface area contributed by atoms with E-state index in [4.69, 9.17) is 4.74 Å². The fourth-order valence-corrected chi connectivity index (χ4v) is 3.52. The summed E-state index contributed by atoms with van der Waals surface area (Å²) < 4.78 is 4.45. The molecule has 7 heteroatoms. The maximum absolute atomic E-state index is 12.7. The summed E-state index contributed by atoms with van der Waals surface area (Å²) in [6, 6.07) is 0. The molecule has 4 N–H and O–H groups in total. The van der Waals surface area contributed by atoms with Crippen molar-refractivity contribution < 1.29 is 29.8 Å². The molecule has 2 aliphatic rings. The Labute approximate surface area is 124 Å². The quantitative estimate of drug-likeness (QED) is 0.398. The van der Waals surface area contributed by atoms with Gasteiger partial charge in [-0.1, -0.05) is 13.8 Å². The van der Waals surface area contributed by atoms with Crippen molar-refractivity contribution in [2.24, 2.45) is 11.8 Å². The minimum atomic E-state index is -2.10. The summed E-state index contributed by atoms with van der Waals surface area (Å²) in [5.74, 6) is -1.28. The number of quaternary nitrogens is 1. The number of aliphatic hydroxyl groups is 4. The molecule has 2 heterocycles. The molecule has 0 saturated carbocycles. The van der Waals surface area contributed by atoms with Crippen LogP contribution in [0.25, 0.3) is 0 Å². The van der Waals surface area contributed by atoms with Crippen LogP contribution in [-0.4, -0.2) is 75.4 Å². The smallest absolute Gasteiger partial charge is 0.246 e. The first kappa shape index (κ1) is 17.1. The van der Waals surface area contributed by atoms with E-state index in [0.29, 0.717) is 24.9 Å². The maximum Gasteiger partial charge on any atom is 0.246 e. The van der Waals surface area contributed by atoms with Crippen LogP contribution in [0.3, 0.4) is 0 Å². The summed E-state index contributed by atoms with van der Waals surface area (Å²) in [4.78, 5) is 0. The third-order valence-electron chi connectivity index (χ3n) is 4.54. The number of hydrogen-bond acceptors (Lipinski definition) is 6. The van der Waals surface area contributed by atoms with Crippen molar-refractivity contribution in [1.82, 2.24) is 0 Å². The molecule has 0 aromatic carbocycles. The zero-order valence-electron chi connectivity index (χ0n) is 12.7. The first-order valence-corrected chi connectivity index (χ1v) is 7.63. The molecule has 2 rings (SSSR count). The van der Waals surface area contributed by atoms with E-state index in [1.54, 1.807) is 0 Å². The van der Waals surface area contributed by atoms with E-state index in [0.717, 1.165) is 12.8 Å². The van der Waals surface area contributed by atoms with Crippen LogP contribution in [0.1, 0.15) is 26.7 Å². The normalized spacial score (nSPS) is 48.0. The fourth-order valence-electron chi connectivity index (χ4n) is 3.52. The van der Waals surface area contributed by atoms with Gasteiger partial charge in [-0.05, 0) is 12.3 Å². The van der Waals surface area contributed by atoms with E-state index in [1.165, 1.54) is 0 Å². The highest BCUT2D eigenvalue weighted by Crippen LogP contribution is 2.33. The second-order valence-corrected chi connectivity index (χ2v) is 7.07. The Morgan fingerprint density at radius 2 is 2.00 bits per heavy atom. The highest BCUT2D eigenvalue weighted by atomic mass is 16.7. The van der Waals surface area contributed by atoms with Gasteiger partial charge in [0, 0.05) is 12.3 Å². The van der Waals surface area contributed by atoms with Crippen LogP contribution in [0.5, 0.6) is 0 Å². The summed E-state index contributed by atoms with van der Waals surface area (Å²) >= 11 is 0. The summed E-state index contributed by atoms with van der Waals surface area (Å²) in [5, 5.41) is 52.1. The van der Waals surface area contributed by atoms with Crippen LogP contribution in [0, 0.1) is 17.0 Å². The van der Waals surface area contributed by atoms with Gasteiger partial charge < -0.3 is 35.0 Å². The Bertz CT molecular complexity index is 367. The van der Waals surface area contributed by atoms with Gasteiger partial charge in [0.25, 0.3) is 0 Å². The molecule has 6 atom stereocenters. The minimum absolute atomic E-state index is 0.301. The predicted octanol–water partition coefficient (Wildman–Crippen LogP) is -0.831. The molecular formula is C14H27NO6. The third kappa shape index (κ3) is 3.73. The van der Waals surface area contributed by atoms with Crippen LogP contribution >= 0.6 is 0 Å². The maximum atomic E-state index is 12.7. The number of likely N-dealkylation sites (tertiary alicyclic amines) is 1. The number of hydroxylamine groups is 3. The van der Waals surface area contributed by atoms with Gasteiger partial charge in [-0.3, -0.25) is 0 Å². The van der Waals surface area contributed by atoms with Crippen molar-refractivity contribution in [1.29, 1.82) is 0 Å². The van der Waals surface area contributed by atoms with Gasteiger partial charge in [0.05, 0.1) is 19.7 Å². The van der Waals surface area contributed by atoms with E-state index in [2.05, 4.69) is 13.8 Å². The third-order valence-corrected chi connectivity index (χ3v) is 4.54. The number of ether oxygens (including phenoxy) is 1. The van der Waals surface area contributed by atoms with Crippen molar-refractivity contribution in [2.45, 2.75) is 50.8 Å². The molecule has 0 radical (unpaired) electrons. The lowest BCUT2D eigenvalue weighted by Crippen LogP contribution is -2.67. The average Bonchev–Trinajstić information content (AvgIpc) is 2.72. The Morgan fingerprint density at radius 1 is 1.33 bits per heavy atom. The van der Waals surface area contributed by atoms with Gasteiger partial charge in [0.2, 0.25) is 5.79 Å². The summed E-state index contributed by atoms with van der Waals surface area (Å²) in [7, 11) is 0. The van der Waals surface area contributed by atoms with Crippen molar-refractivity contribution in [3.8, 4) is 0 Å². The molecule has 0 aliphatic carbocycles. The fraction of sp³-hybridized carbons (Fsp3) is 1.00. The number of nitrogens with zero attached hydrogens (tertiary/aromatic N) is 1. The van der Waals surface area contributed by atoms with Crippen molar-refractivity contribution in [3.05, 3.63) is 5.21 Å². The van der Waals surface area contributed by atoms with Crippen LogP contribution < -0.4 is 0 Å². The van der Waals surface area contributed by atoms with E-state index in [9.17, 15) is 25.6 Å². The van der Waals surface area contributed by atoms with Crippen molar-refractivity contribution in [2.75, 3.05) is 26.2 Å². The van der Waals surface area contributed by atoms with Crippen molar-refractivity contribution >= 4 is 0 Å². The molecule has 0 aromatic heterocycles. The van der Waals surface area contributed by atoms with Crippen molar-refractivity contribution in [3.63, 3.8) is 0 Å². The molecule has 0 spiro atoms. The monoisotopic (exact) mass is 305 g/mol. The predicted molar refractivity (Wildman–Crippen MR) is 74.7 cm³/mol. The van der Waals surface area contributed by atoms with E-state index < -0.39 is 28.7 Å². The first-order valence-electron chi connectivity index (χ1n) is 7.63. The Morgan fingerprint density at radius 3 is 2.62 bits per heavy atom. The molecule has 2 aliphatic heterocycles. The molecule has 5 unspecified atom stereocenters. The topological polar surface area (TPSA) is 113 Å². The minimum Gasteiger partial charge on any atom is -0.633 e. The zero-order valence-corrected chi connectivity index (χ0v) is 12.7. The molecule has 124 valence electrons. The average molecular weight is 305 g/mol. The summed E-state index contributed by atoms with van der Waals surface area (Å²) in [5.41, 5.74) is 0. The first-order chi connectivity index (χ1) is 9.65. The molecule has 0 bridgehead atoms. The largest absolute Gasteiger partial charge is 0.633 e. The highest BCUT2D eigenvalue weighted by molar-refractivity contribution is 4.92. The summed E-state index contributed by atoms with van der Waals surface area (Å²) in [6.45, 7) is 4.34. The van der Waals surface area contributed by atoms with Gasteiger partial charge in [-0.25, -0.2) is 0 Å². The van der Waals surface area contributed by atoms with E-state index in [-0.39, 0.29) is 13.2 Å². The number of aliphatic hydroxyl groups excluding tert-OH is 3. The van der Waals surface area contributed by atoms with Crippen LogP contribution in [0.15, 0.2) is 0 Å². The second kappa shape index (κ2) is 6.08. The number of hydrogen-bond donors (Lipinski definition) is 4. The van der Waals surface area contributed by atoms with Gasteiger partial charge in [0.15, 0.2) is 0 Å². The zero-order chi connectivity index (χ0) is 15.8. The van der Waals surface area contributed by atoms with Crippen LogP contribution in [0.4, 0.5) is 0 Å². The van der Waals surface area contributed by atoms with Crippen LogP contribution in [-0.2, 0) is 4.74 Å². The second-order valence-electron chi connectivity index (χ2n) is 7.07. The number of rotatable bonds is 4.